The zero-order chi connectivity index (χ0) is 14.4. The van der Waals surface area contributed by atoms with E-state index in [1.807, 2.05) is 0 Å². The Balaban J connectivity index is 2.90. The number of rotatable bonds is 5. The Bertz CT molecular complexity index is 456. The van der Waals surface area contributed by atoms with E-state index in [1.54, 1.807) is 6.92 Å². The van der Waals surface area contributed by atoms with Crippen molar-refractivity contribution in [1.29, 1.82) is 0 Å². The average Bonchev–Trinajstić information content (AvgIpc) is 2.45. The molecule has 0 amide bonds. The van der Waals surface area contributed by atoms with Gasteiger partial charge in [-0.25, -0.2) is 9.59 Å². The molecule has 0 spiro atoms. The van der Waals surface area contributed by atoms with Gasteiger partial charge in [0.05, 0.1) is 19.3 Å². The molecule has 0 aliphatic rings. The molecule has 0 saturated heterocycles. The van der Waals surface area contributed by atoms with E-state index < -0.39 is 24.1 Å². The Labute approximate surface area is 110 Å². The molecule has 2 atom stereocenters. The van der Waals surface area contributed by atoms with Gasteiger partial charge in [-0.1, -0.05) is 12.1 Å². The molecule has 0 fully saturated rings. The molecule has 2 unspecified atom stereocenters. The Hall–Kier alpha value is -1.92. The van der Waals surface area contributed by atoms with E-state index in [1.165, 1.54) is 31.4 Å². The summed E-state index contributed by atoms with van der Waals surface area (Å²) in [4.78, 5) is 22.6. The van der Waals surface area contributed by atoms with Crippen molar-refractivity contribution in [3.8, 4) is 0 Å². The number of hydrogen-bond donors (Lipinski definition) is 2. The minimum absolute atomic E-state index is 0.102. The van der Waals surface area contributed by atoms with Gasteiger partial charge >= 0.3 is 11.9 Å². The van der Waals surface area contributed by atoms with Crippen LogP contribution in [0, 0.1) is 0 Å². The van der Waals surface area contributed by atoms with Crippen molar-refractivity contribution in [2.45, 2.75) is 19.1 Å². The number of esters is 2. The fraction of sp³-hybridized carbons (Fsp3) is 0.385. The summed E-state index contributed by atoms with van der Waals surface area (Å²) in [5.41, 5.74) is 0.443. The van der Waals surface area contributed by atoms with E-state index in [4.69, 9.17) is 0 Å². The van der Waals surface area contributed by atoms with Crippen LogP contribution in [-0.4, -0.2) is 42.0 Å². The van der Waals surface area contributed by atoms with Crippen LogP contribution in [0.5, 0.6) is 0 Å². The predicted molar refractivity (Wildman–Crippen MR) is 65.4 cm³/mol. The lowest BCUT2D eigenvalue weighted by molar-refractivity contribution is -0.159. The zero-order valence-corrected chi connectivity index (χ0v) is 10.7. The molecule has 0 bridgehead atoms. The first kappa shape index (κ1) is 15.1. The van der Waals surface area contributed by atoms with Crippen LogP contribution in [0.4, 0.5) is 0 Å². The van der Waals surface area contributed by atoms with Crippen LogP contribution in [0.25, 0.3) is 0 Å². The van der Waals surface area contributed by atoms with Crippen LogP contribution >= 0.6 is 0 Å². The predicted octanol–water partition coefficient (Wildman–Crippen LogP) is 0.431. The molecule has 1 rings (SSSR count). The van der Waals surface area contributed by atoms with Crippen molar-refractivity contribution >= 4 is 11.9 Å². The van der Waals surface area contributed by atoms with Crippen LogP contribution in [0.2, 0.25) is 0 Å². The number of carbonyl (C=O) groups excluding carboxylic acids is 2. The lowest BCUT2D eigenvalue weighted by Gasteiger charge is -2.17. The smallest absolute Gasteiger partial charge is 0.338 e. The summed E-state index contributed by atoms with van der Waals surface area (Å²) in [6, 6.07) is 5.85. The number of aliphatic hydroxyl groups excluding tert-OH is 2. The van der Waals surface area contributed by atoms with Gasteiger partial charge in [0.15, 0.2) is 6.10 Å². The maximum Gasteiger partial charge on any atom is 0.338 e. The maximum absolute atomic E-state index is 11.3. The fourth-order valence-electron chi connectivity index (χ4n) is 1.51. The van der Waals surface area contributed by atoms with E-state index >= 15 is 0 Å². The van der Waals surface area contributed by atoms with Crippen LogP contribution < -0.4 is 0 Å². The van der Waals surface area contributed by atoms with E-state index in [0.29, 0.717) is 0 Å². The first-order valence-corrected chi connectivity index (χ1v) is 5.72. The maximum atomic E-state index is 11.3. The minimum Gasteiger partial charge on any atom is -0.465 e. The molecule has 19 heavy (non-hydrogen) atoms. The topological polar surface area (TPSA) is 93.1 Å². The number of benzene rings is 1. The van der Waals surface area contributed by atoms with E-state index in [0.717, 1.165) is 0 Å². The van der Waals surface area contributed by atoms with Gasteiger partial charge in [0.1, 0.15) is 6.10 Å². The molecular weight excluding hydrogens is 252 g/mol. The van der Waals surface area contributed by atoms with Crippen molar-refractivity contribution < 1.29 is 29.3 Å². The molecule has 6 nitrogen and oxygen atoms in total. The second-order valence-corrected chi connectivity index (χ2v) is 3.76. The van der Waals surface area contributed by atoms with Crippen molar-refractivity contribution in [3.05, 3.63) is 35.4 Å². The van der Waals surface area contributed by atoms with Crippen LogP contribution in [-0.2, 0) is 14.3 Å². The van der Waals surface area contributed by atoms with Gasteiger partial charge in [0.25, 0.3) is 0 Å². The third-order valence-corrected chi connectivity index (χ3v) is 2.48. The van der Waals surface area contributed by atoms with Crippen molar-refractivity contribution in [2.24, 2.45) is 0 Å². The van der Waals surface area contributed by atoms with Gasteiger partial charge in [-0.05, 0) is 24.6 Å². The summed E-state index contributed by atoms with van der Waals surface area (Å²) in [6.07, 6.45) is -3.17. The first-order chi connectivity index (χ1) is 9.01. The number of carbonyl (C=O) groups is 2. The van der Waals surface area contributed by atoms with Gasteiger partial charge in [-0.15, -0.1) is 0 Å². The van der Waals surface area contributed by atoms with Crippen LogP contribution in [0.15, 0.2) is 24.3 Å². The highest BCUT2D eigenvalue weighted by Gasteiger charge is 2.27. The standard InChI is InChI=1S/C13H16O6/c1-3-19-13(17)11(15)10(14)8-5-4-6-9(7-8)12(16)18-2/h4-7,10-11,14-15H,3H2,1-2H3. The Morgan fingerprint density at radius 2 is 2.00 bits per heavy atom. The number of ether oxygens (including phenoxy) is 2. The molecule has 0 saturated carbocycles. The molecule has 1 aromatic carbocycles. The van der Waals surface area contributed by atoms with Gasteiger partial charge in [-0.2, -0.15) is 0 Å². The van der Waals surface area contributed by atoms with E-state index in [-0.39, 0.29) is 17.7 Å². The van der Waals surface area contributed by atoms with Crippen LogP contribution in [0.1, 0.15) is 28.9 Å². The van der Waals surface area contributed by atoms with Crippen molar-refractivity contribution in [2.75, 3.05) is 13.7 Å². The van der Waals surface area contributed by atoms with Gasteiger partial charge < -0.3 is 19.7 Å². The lowest BCUT2D eigenvalue weighted by Crippen LogP contribution is -2.30. The summed E-state index contributed by atoms with van der Waals surface area (Å²) >= 11 is 0. The van der Waals surface area contributed by atoms with Crippen molar-refractivity contribution in [1.82, 2.24) is 0 Å². The zero-order valence-electron chi connectivity index (χ0n) is 10.7. The first-order valence-electron chi connectivity index (χ1n) is 5.72. The fourth-order valence-corrected chi connectivity index (χ4v) is 1.51. The molecule has 0 aliphatic heterocycles. The summed E-state index contributed by atoms with van der Waals surface area (Å²) < 4.78 is 9.15. The highest BCUT2D eigenvalue weighted by molar-refractivity contribution is 5.89. The van der Waals surface area contributed by atoms with Gasteiger partial charge in [0.2, 0.25) is 0 Å². The largest absolute Gasteiger partial charge is 0.465 e. The summed E-state index contributed by atoms with van der Waals surface area (Å²) in [5.74, 6) is -1.49. The Morgan fingerprint density at radius 1 is 1.32 bits per heavy atom. The minimum atomic E-state index is -1.70. The molecule has 1 aromatic rings. The third-order valence-electron chi connectivity index (χ3n) is 2.48. The van der Waals surface area contributed by atoms with Crippen molar-refractivity contribution in [3.63, 3.8) is 0 Å². The third kappa shape index (κ3) is 3.77. The van der Waals surface area contributed by atoms with Gasteiger partial charge in [-0.3, -0.25) is 0 Å². The monoisotopic (exact) mass is 268 g/mol. The quantitative estimate of drug-likeness (QED) is 0.752. The molecule has 0 aliphatic carbocycles. The molecule has 0 radical (unpaired) electrons. The molecule has 0 aromatic heterocycles. The number of hydrogen-bond acceptors (Lipinski definition) is 6. The molecule has 6 heteroatoms. The number of methoxy groups -OCH3 is 1. The highest BCUT2D eigenvalue weighted by atomic mass is 16.5. The molecular formula is C13H16O6. The molecule has 2 N–H and O–H groups in total. The molecule has 0 heterocycles. The van der Waals surface area contributed by atoms with Crippen LogP contribution in [0.3, 0.4) is 0 Å². The number of aliphatic hydroxyl groups is 2. The normalized spacial score (nSPS) is 13.5. The summed E-state index contributed by atoms with van der Waals surface area (Å²) in [6.45, 7) is 1.69. The second kappa shape index (κ2) is 6.86. The second-order valence-electron chi connectivity index (χ2n) is 3.76. The SMILES string of the molecule is CCOC(=O)C(O)C(O)c1cccc(C(=O)OC)c1. The Kier molecular flexibility index (Phi) is 5.47. The molecule has 104 valence electrons. The Morgan fingerprint density at radius 3 is 2.58 bits per heavy atom. The summed E-state index contributed by atoms with van der Waals surface area (Å²) in [5, 5.41) is 19.5. The van der Waals surface area contributed by atoms with Gasteiger partial charge in [0, 0.05) is 0 Å². The lowest BCUT2D eigenvalue weighted by atomic mass is 10.0. The van der Waals surface area contributed by atoms with E-state index in [2.05, 4.69) is 9.47 Å². The summed E-state index contributed by atoms with van der Waals surface area (Å²) in [7, 11) is 1.24. The highest BCUT2D eigenvalue weighted by Crippen LogP contribution is 2.19. The average molecular weight is 268 g/mol. The van der Waals surface area contributed by atoms with E-state index in [9.17, 15) is 19.8 Å².